The summed E-state index contributed by atoms with van der Waals surface area (Å²) in [6.07, 6.45) is 1.81. The second-order valence-electron chi connectivity index (χ2n) is 6.37. The Morgan fingerprint density at radius 3 is 2.76 bits per heavy atom. The van der Waals surface area contributed by atoms with Crippen molar-refractivity contribution in [1.82, 2.24) is 9.97 Å². The molecule has 1 amide bonds. The third kappa shape index (κ3) is 4.38. The van der Waals surface area contributed by atoms with Crippen LogP contribution >= 0.6 is 23.3 Å². The van der Waals surface area contributed by atoms with E-state index in [-0.39, 0.29) is 11.7 Å². The number of fused-ring (bicyclic) bond motifs is 1. The molecule has 0 aliphatic rings. The Morgan fingerprint density at radius 1 is 1.14 bits per heavy atom. The van der Waals surface area contributed by atoms with E-state index in [2.05, 4.69) is 20.0 Å². The molecule has 0 aliphatic heterocycles. The van der Waals surface area contributed by atoms with Crippen LogP contribution in [0.1, 0.15) is 12.6 Å². The molecule has 2 aromatic carbocycles. The molecule has 0 radical (unpaired) electrons. The van der Waals surface area contributed by atoms with Gasteiger partial charge in [0.1, 0.15) is 5.82 Å². The molecule has 0 unspecified atom stereocenters. The molecule has 0 spiro atoms. The van der Waals surface area contributed by atoms with Crippen LogP contribution in [-0.2, 0) is 4.79 Å². The SMILES string of the molecule is CC(=O)Nc1nc2ccc(-c3cnc(C)c(NSc4ccccc4F)c3)cc2s1. The summed E-state index contributed by atoms with van der Waals surface area (Å²) in [5.74, 6) is -0.410. The average molecular weight is 425 g/mol. The number of aromatic nitrogens is 2. The number of hydrogen-bond acceptors (Lipinski definition) is 6. The second-order valence-corrected chi connectivity index (χ2v) is 8.25. The van der Waals surface area contributed by atoms with E-state index in [0.29, 0.717) is 10.0 Å². The number of hydrogen-bond donors (Lipinski definition) is 2. The minimum Gasteiger partial charge on any atom is -0.324 e. The highest BCUT2D eigenvalue weighted by atomic mass is 32.2. The predicted octanol–water partition coefficient (Wildman–Crippen LogP) is 5.88. The summed E-state index contributed by atoms with van der Waals surface area (Å²) in [4.78, 5) is 20.7. The van der Waals surface area contributed by atoms with Crippen molar-refractivity contribution in [3.05, 3.63) is 66.2 Å². The number of pyridine rings is 1. The molecule has 0 bridgehead atoms. The lowest BCUT2D eigenvalue weighted by Crippen LogP contribution is -2.04. The van der Waals surface area contributed by atoms with Crippen LogP contribution in [-0.4, -0.2) is 15.9 Å². The summed E-state index contributed by atoms with van der Waals surface area (Å²) >= 11 is 2.64. The van der Waals surface area contributed by atoms with Crippen molar-refractivity contribution in [2.24, 2.45) is 0 Å². The van der Waals surface area contributed by atoms with Crippen molar-refractivity contribution < 1.29 is 9.18 Å². The van der Waals surface area contributed by atoms with E-state index < -0.39 is 0 Å². The molecule has 0 saturated heterocycles. The van der Waals surface area contributed by atoms with Gasteiger partial charge >= 0.3 is 0 Å². The van der Waals surface area contributed by atoms with Gasteiger partial charge in [-0.05, 0) is 54.8 Å². The molecule has 5 nitrogen and oxygen atoms in total. The second kappa shape index (κ2) is 8.18. The van der Waals surface area contributed by atoms with Crippen molar-refractivity contribution >= 4 is 50.2 Å². The first-order valence-electron chi connectivity index (χ1n) is 8.82. The minimum absolute atomic E-state index is 0.143. The topological polar surface area (TPSA) is 66.9 Å². The average Bonchev–Trinajstić information content (AvgIpc) is 3.09. The van der Waals surface area contributed by atoms with Crippen LogP contribution in [0.5, 0.6) is 0 Å². The fourth-order valence-corrected chi connectivity index (χ4v) is 4.43. The van der Waals surface area contributed by atoms with Gasteiger partial charge in [-0.25, -0.2) is 9.37 Å². The van der Waals surface area contributed by atoms with Crippen LogP contribution in [0.4, 0.5) is 15.2 Å². The van der Waals surface area contributed by atoms with E-state index in [1.807, 2.05) is 37.4 Å². The van der Waals surface area contributed by atoms with E-state index >= 15 is 0 Å². The van der Waals surface area contributed by atoms with Gasteiger partial charge in [-0.2, -0.15) is 0 Å². The number of rotatable bonds is 5. The first-order chi connectivity index (χ1) is 14.0. The van der Waals surface area contributed by atoms with Crippen molar-refractivity contribution in [1.29, 1.82) is 0 Å². The normalized spacial score (nSPS) is 10.9. The number of halogens is 1. The van der Waals surface area contributed by atoms with Gasteiger partial charge in [0.05, 0.1) is 26.5 Å². The number of nitrogens with zero attached hydrogens (tertiary/aromatic N) is 2. The largest absolute Gasteiger partial charge is 0.324 e. The predicted molar refractivity (Wildman–Crippen MR) is 118 cm³/mol. The van der Waals surface area contributed by atoms with E-state index in [4.69, 9.17) is 0 Å². The van der Waals surface area contributed by atoms with Crippen LogP contribution in [0, 0.1) is 12.7 Å². The molecular weight excluding hydrogens is 407 g/mol. The van der Waals surface area contributed by atoms with Crippen molar-refractivity contribution in [2.75, 3.05) is 10.0 Å². The number of carbonyl (C=O) groups is 1. The molecule has 8 heteroatoms. The molecule has 29 heavy (non-hydrogen) atoms. The third-order valence-corrected chi connectivity index (χ3v) is 6.01. The third-order valence-electron chi connectivity index (χ3n) is 4.20. The molecule has 2 N–H and O–H groups in total. The molecule has 0 atom stereocenters. The Morgan fingerprint density at radius 2 is 1.97 bits per heavy atom. The van der Waals surface area contributed by atoms with Crippen molar-refractivity contribution in [2.45, 2.75) is 18.7 Å². The maximum Gasteiger partial charge on any atom is 0.223 e. The Balaban J connectivity index is 1.60. The molecule has 2 aromatic heterocycles. The Bertz CT molecular complexity index is 1210. The number of benzene rings is 2. The molecule has 0 fully saturated rings. The smallest absolute Gasteiger partial charge is 0.223 e. The summed E-state index contributed by atoms with van der Waals surface area (Å²) in [5, 5.41) is 3.30. The molecule has 146 valence electrons. The highest BCUT2D eigenvalue weighted by Gasteiger charge is 2.10. The zero-order valence-corrected chi connectivity index (χ0v) is 17.3. The summed E-state index contributed by atoms with van der Waals surface area (Å²) in [7, 11) is 0. The van der Waals surface area contributed by atoms with Gasteiger partial charge in [0.25, 0.3) is 0 Å². The van der Waals surface area contributed by atoms with Gasteiger partial charge in [-0.15, -0.1) is 0 Å². The number of nitrogens with one attached hydrogen (secondary N) is 2. The van der Waals surface area contributed by atoms with Crippen LogP contribution in [0.3, 0.4) is 0 Å². The summed E-state index contributed by atoms with van der Waals surface area (Å²) in [5.41, 5.74) is 4.39. The van der Waals surface area contributed by atoms with E-state index in [9.17, 15) is 9.18 Å². The fraction of sp³-hybridized carbons (Fsp3) is 0.0952. The zero-order chi connectivity index (χ0) is 20.4. The number of carbonyl (C=O) groups excluding carboxylic acids is 1. The Hall–Kier alpha value is -2.97. The highest BCUT2D eigenvalue weighted by molar-refractivity contribution is 8.00. The standard InChI is InChI=1S/C21H17FN4OS2/c1-12-18(26-29-19-6-4-3-5-16(19)22)9-15(11-23-12)14-7-8-17-20(10-14)28-21(25-17)24-13(2)27/h3-11,26H,1-2H3,(H,24,25,27). The Labute approximate surface area is 175 Å². The van der Waals surface area contributed by atoms with E-state index in [0.717, 1.165) is 32.7 Å². The lowest BCUT2D eigenvalue weighted by atomic mass is 10.1. The van der Waals surface area contributed by atoms with Crippen molar-refractivity contribution in [3.8, 4) is 11.1 Å². The van der Waals surface area contributed by atoms with E-state index in [1.165, 1.54) is 36.3 Å². The highest BCUT2D eigenvalue weighted by Crippen LogP contribution is 2.32. The lowest BCUT2D eigenvalue weighted by Gasteiger charge is -2.11. The number of thiazole rings is 1. The van der Waals surface area contributed by atoms with Gasteiger partial charge < -0.3 is 10.0 Å². The summed E-state index contributed by atoms with van der Waals surface area (Å²) in [6.45, 7) is 3.36. The first-order valence-corrected chi connectivity index (χ1v) is 10.5. The fourth-order valence-electron chi connectivity index (χ4n) is 2.74. The minimum atomic E-state index is -0.266. The quantitative estimate of drug-likeness (QED) is 0.392. The molecule has 4 aromatic rings. The zero-order valence-electron chi connectivity index (χ0n) is 15.7. The van der Waals surface area contributed by atoms with Gasteiger partial charge in [0.2, 0.25) is 5.91 Å². The molecule has 0 aliphatic carbocycles. The molecule has 0 saturated carbocycles. The van der Waals surface area contributed by atoms with Crippen LogP contribution < -0.4 is 10.0 Å². The maximum absolute atomic E-state index is 13.9. The first kappa shape index (κ1) is 19.4. The summed E-state index contributed by atoms with van der Waals surface area (Å²) < 4.78 is 18.0. The monoisotopic (exact) mass is 424 g/mol. The van der Waals surface area contributed by atoms with Crippen LogP contribution in [0.2, 0.25) is 0 Å². The number of amides is 1. The van der Waals surface area contributed by atoms with Crippen LogP contribution in [0.15, 0.2) is 59.6 Å². The lowest BCUT2D eigenvalue weighted by molar-refractivity contribution is -0.114. The van der Waals surface area contributed by atoms with Crippen molar-refractivity contribution in [3.63, 3.8) is 0 Å². The number of aryl methyl sites for hydroxylation is 1. The van der Waals surface area contributed by atoms with Gasteiger partial charge in [-0.1, -0.05) is 29.5 Å². The molecule has 4 rings (SSSR count). The van der Waals surface area contributed by atoms with Gasteiger partial charge in [-0.3, -0.25) is 9.78 Å². The molecule has 2 heterocycles. The summed E-state index contributed by atoms with van der Waals surface area (Å²) in [6, 6.07) is 14.5. The molecular formula is C21H17FN4OS2. The van der Waals surface area contributed by atoms with E-state index in [1.54, 1.807) is 18.2 Å². The van der Waals surface area contributed by atoms with Crippen LogP contribution in [0.25, 0.3) is 21.3 Å². The Kier molecular flexibility index (Phi) is 5.46. The maximum atomic E-state index is 13.9. The van der Waals surface area contributed by atoms with Gasteiger partial charge in [0, 0.05) is 18.7 Å². The van der Waals surface area contributed by atoms with Gasteiger partial charge in [0.15, 0.2) is 5.13 Å². The number of anilines is 2.